The molecule has 4 aliphatic rings. The lowest BCUT2D eigenvalue weighted by Gasteiger charge is -2.40. The normalized spacial score (nSPS) is 19.4. The standard InChI is InChI=1S/C48H42N2/c1-33-15-12-18-35-19-14-26-46(47(33)35)50(37-22-8-5-9-23-37)39-28-30-42-41-29-27-38(31-43(41)48(2,3)44(42)32-39)49(36-20-6-4-7-21-36)45-25-13-17-34-16-10-11-24-40(34)45/h4-6,8-20,22-32,40,45H,7,21H2,1-3H3/t40?,45-/m0/s1. The predicted molar refractivity (Wildman–Crippen MR) is 213 cm³/mol. The molecule has 0 heterocycles. The van der Waals surface area contributed by atoms with Crippen molar-refractivity contribution in [3.63, 3.8) is 0 Å². The summed E-state index contributed by atoms with van der Waals surface area (Å²) in [6.45, 7) is 7.03. The Balaban J connectivity index is 1.16. The number of allylic oxidation sites excluding steroid dienone is 9. The van der Waals surface area contributed by atoms with E-state index in [-0.39, 0.29) is 11.5 Å². The van der Waals surface area contributed by atoms with Crippen LogP contribution in [0.5, 0.6) is 0 Å². The molecule has 2 atom stereocenters. The van der Waals surface area contributed by atoms with E-state index in [1.165, 1.54) is 66.9 Å². The summed E-state index contributed by atoms with van der Waals surface area (Å²) < 4.78 is 0. The largest absolute Gasteiger partial charge is 0.337 e. The number of benzene rings is 5. The second-order valence-electron chi connectivity index (χ2n) is 14.5. The minimum Gasteiger partial charge on any atom is -0.337 e. The molecule has 0 saturated heterocycles. The van der Waals surface area contributed by atoms with Crippen LogP contribution in [0.3, 0.4) is 0 Å². The molecule has 2 nitrogen and oxygen atoms in total. The van der Waals surface area contributed by atoms with Crippen molar-refractivity contribution in [2.75, 3.05) is 9.80 Å². The van der Waals surface area contributed by atoms with E-state index in [1.54, 1.807) is 0 Å². The highest BCUT2D eigenvalue weighted by Gasteiger charge is 2.38. The molecule has 4 aliphatic carbocycles. The molecular formula is C48H42N2. The molecule has 0 amide bonds. The molecular weight excluding hydrogens is 605 g/mol. The van der Waals surface area contributed by atoms with Gasteiger partial charge < -0.3 is 9.80 Å². The summed E-state index contributed by atoms with van der Waals surface area (Å²) in [7, 11) is 0. The fourth-order valence-electron chi connectivity index (χ4n) is 8.72. The highest BCUT2D eigenvalue weighted by atomic mass is 15.2. The minimum absolute atomic E-state index is 0.179. The topological polar surface area (TPSA) is 6.48 Å². The molecule has 1 unspecified atom stereocenters. The van der Waals surface area contributed by atoms with Crippen molar-refractivity contribution in [2.24, 2.45) is 5.92 Å². The third-order valence-corrected chi connectivity index (χ3v) is 11.2. The molecule has 0 saturated carbocycles. The van der Waals surface area contributed by atoms with E-state index in [0.717, 1.165) is 18.5 Å². The SMILES string of the molecule is Cc1cccc2cccc(N(c3ccccc3)c3ccc4c(c3)C(C)(C)c3cc(N(C5=CC=CCC5)[C@H]5C=CC=C6C=CC=CC65)ccc3-4)c12. The highest BCUT2D eigenvalue weighted by molar-refractivity contribution is 6.01. The summed E-state index contributed by atoms with van der Waals surface area (Å²) in [6, 6.07) is 38.7. The zero-order valence-electron chi connectivity index (χ0n) is 29.1. The van der Waals surface area contributed by atoms with Gasteiger partial charge in [0, 0.05) is 39.5 Å². The van der Waals surface area contributed by atoms with Gasteiger partial charge in [0.2, 0.25) is 0 Å². The lowest BCUT2D eigenvalue weighted by molar-refractivity contribution is 0.608. The van der Waals surface area contributed by atoms with Gasteiger partial charge in [0.05, 0.1) is 11.7 Å². The first-order valence-corrected chi connectivity index (χ1v) is 18.0. The fraction of sp³-hybridized carbons (Fsp3) is 0.167. The number of hydrogen-bond acceptors (Lipinski definition) is 2. The van der Waals surface area contributed by atoms with Crippen molar-refractivity contribution in [1.82, 2.24) is 0 Å². The van der Waals surface area contributed by atoms with Gasteiger partial charge in [-0.2, -0.15) is 0 Å². The van der Waals surface area contributed by atoms with Crippen LogP contribution < -0.4 is 9.80 Å². The van der Waals surface area contributed by atoms with Crippen LogP contribution in [-0.2, 0) is 5.41 Å². The third kappa shape index (κ3) is 4.93. The molecule has 0 radical (unpaired) electrons. The van der Waals surface area contributed by atoms with Crippen LogP contribution in [0, 0.1) is 12.8 Å². The molecule has 2 heteroatoms. The molecule has 0 fully saturated rings. The summed E-state index contributed by atoms with van der Waals surface area (Å²) >= 11 is 0. The van der Waals surface area contributed by atoms with E-state index in [0.29, 0.717) is 5.92 Å². The predicted octanol–water partition coefficient (Wildman–Crippen LogP) is 12.6. The fourth-order valence-corrected chi connectivity index (χ4v) is 8.72. The molecule has 0 N–H and O–H groups in total. The Morgan fingerprint density at radius 2 is 1.42 bits per heavy atom. The van der Waals surface area contributed by atoms with E-state index >= 15 is 0 Å². The maximum atomic E-state index is 2.62. The molecule has 0 bridgehead atoms. The Morgan fingerprint density at radius 3 is 2.20 bits per heavy atom. The minimum atomic E-state index is -0.179. The zero-order valence-corrected chi connectivity index (χ0v) is 29.1. The first kappa shape index (κ1) is 30.5. The van der Waals surface area contributed by atoms with Crippen LogP contribution in [0.2, 0.25) is 0 Å². The van der Waals surface area contributed by atoms with Crippen molar-refractivity contribution < 1.29 is 0 Å². The summed E-state index contributed by atoms with van der Waals surface area (Å²) in [4.78, 5) is 5.06. The Kier molecular flexibility index (Phi) is 7.35. The number of hydrogen-bond donors (Lipinski definition) is 0. The van der Waals surface area contributed by atoms with Gasteiger partial charge in [-0.05, 0) is 107 Å². The van der Waals surface area contributed by atoms with Crippen LogP contribution in [0.1, 0.15) is 43.4 Å². The molecule has 0 aromatic heterocycles. The number of anilines is 4. The van der Waals surface area contributed by atoms with Crippen LogP contribution in [0.15, 0.2) is 175 Å². The molecule has 9 rings (SSSR count). The van der Waals surface area contributed by atoms with Gasteiger partial charge in [-0.3, -0.25) is 0 Å². The monoisotopic (exact) mass is 646 g/mol. The Morgan fingerprint density at radius 1 is 0.660 bits per heavy atom. The van der Waals surface area contributed by atoms with Gasteiger partial charge in [-0.15, -0.1) is 0 Å². The van der Waals surface area contributed by atoms with Crippen molar-refractivity contribution in [3.05, 3.63) is 192 Å². The molecule has 244 valence electrons. The van der Waals surface area contributed by atoms with Crippen molar-refractivity contribution in [2.45, 2.75) is 45.1 Å². The van der Waals surface area contributed by atoms with Crippen LogP contribution >= 0.6 is 0 Å². The highest BCUT2D eigenvalue weighted by Crippen LogP contribution is 2.52. The molecule has 0 aliphatic heterocycles. The number of fused-ring (bicyclic) bond motifs is 5. The number of aryl methyl sites for hydroxylation is 1. The second-order valence-corrected chi connectivity index (χ2v) is 14.5. The van der Waals surface area contributed by atoms with Crippen LogP contribution in [0.4, 0.5) is 22.7 Å². The second kappa shape index (κ2) is 12.1. The van der Waals surface area contributed by atoms with Crippen molar-refractivity contribution >= 4 is 33.5 Å². The lowest BCUT2D eigenvalue weighted by atomic mass is 9.81. The molecule has 0 spiro atoms. The van der Waals surface area contributed by atoms with Crippen molar-refractivity contribution in [1.29, 1.82) is 0 Å². The maximum absolute atomic E-state index is 2.62. The summed E-state index contributed by atoms with van der Waals surface area (Å²) in [5.74, 6) is 0.319. The quantitative estimate of drug-likeness (QED) is 0.181. The summed E-state index contributed by atoms with van der Waals surface area (Å²) in [6.07, 6.45) is 24.9. The number of nitrogens with zero attached hydrogens (tertiary/aromatic N) is 2. The van der Waals surface area contributed by atoms with Gasteiger partial charge in [-0.25, -0.2) is 0 Å². The van der Waals surface area contributed by atoms with E-state index in [4.69, 9.17) is 0 Å². The average molecular weight is 647 g/mol. The molecule has 50 heavy (non-hydrogen) atoms. The number of rotatable bonds is 6. The Hall–Kier alpha value is -5.60. The Bertz CT molecular complexity index is 2320. The summed E-state index contributed by atoms with van der Waals surface area (Å²) in [5.41, 5.74) is 14.1. The zero-order chi connectivity index (χ0) is 33.8. The van der Waals surface area contributed by atoms with Gasteiger partial charge in [-0.1, -0.05) is 129 Å². The van der Waals surface area contributed by atoms with Crippen LogP contribution in [0.25, 0.3) is 21.9 Å². The first-order chi connectivity index (χ1) is 24.5. The first-order valence-electron chi connectivity index (χ1n) is 18.0. The third-order valence-electron chi connectivity index (χ3n) is 11.2. The smallest absolute Gasteiger partial charge is 0.0625 e. The average Bonchev–Trinajstić information content (AvgIpc) is 3.38. The van der Waals surface area contributed by atoms with Crippen molar-refractivity contribution in [3.8, 4) is 11.1 Å². The van der Waals surface area contributed by atoms with E-state index in [2.05, 4.69) is 194 Å². The van der Waals surface area contributed by atoms with Gasteiger partial charge in [0.1, 0.15) is 0 Å². The summed E-state index contributed by atoms with van der Waals surface area (Å²) in [5, 5.41) is 2.55. The van der Waals surface area contributed by atoms with Gasteiger partial charge >= 0.3 is 0 Å². The lowest BCUT2D eigenvalue weighted by Crippen LogP contribution is -2.40. The van der Waals surface area contributed by atoms with Crippen LogP contribution in [-0.4, -0.2) is 6.04 Å². The molecule has 5 aromatic carbocycles. The van der Waals surface area contributed by atoms with E-state index in [1.807, 2.05) is 0 Å². The van der Waals surface area contributed by atoms with E-state index < -0.39 is 0 Å². The molecule has 5 aromatic rings. The number of para-hydroxylation sites is 1. The van der Waals surface area contributed by atoms with Gasteiger partial charge in [0.15, 0.2) is 0 Å². The van der Waals surface area contributed by atoms with Gasteiger partial charge in [0.25, 0.3) is 0 Å². The maximum Gasteiger partial charge on any atom is 0.0625 e. The Labute approximate surface area is 296 Å². The van der Waals surface area contributed by atoms with E-state index in [9.17, 15) is 0 Å².